The van der Waals surface area contributed by atoms with Crippen LogP contribution in [0.4, 0.5) is 10.1 Å². The lowest BCUT2D eigenvalue weighted by Crippen LogP contribution is -2.49. The summed E-state index contributed by atoms with van der Waals surface area (Å²) >= 11 is 1.38. The number of hydrogen-bond donors (Lipinski definition) is 1. The first-order valence-corrected chi connectivity index (χ1v) is 12.1. The van der Waals surface area contributed by atoms with Gasteiger partial charge in [-0.15, -0.1) is 11.8 Å². The number of halogens is 1. The minimum absolute atomic E-state index is 0.0187. The molecular weight excluding hydrogens is 445 g/mol. The molecule has 0 radical (unpaired) electrons. The number of nitro groups is 1. The molecule has 33 heavy (non-hydrogen) atoms. The number of amides is 2. The van der Waals surface area contributed by atoms with Crippen molar-refractivity contribution in [2.45, 2.75) is 51.4 Å². The van der Waals surface area contributed by atoms with Crippen LogP contribution >= 0.6 is 11.8 Å². The Hall–Kier alpha value is -2.94. The highest BCUT2D eigenvalue weighted by atomic mass is 32.2. The molecule has 0 saturated heterocycles. The maximum Gasteiger partial charge on any atom is 0.269 e. The molecule has 2 amide bonds. The number of hydrogen-bond acceptors (Lipinski definition) is 5. The van der Waals surface area contributed by atoms with Gasteiger partial charge >= 0.3 is 0 Å². The van der Waals surface area contributed by atoms with Gasteiger partial charge in [-0.1, -0.05) is 44.5 Å². The zero-order valence-electron chi connectivity index (χ0n) is 19.0. The molecule has 0 aromatic heterocycles. The first kappa shape index (κ1) is 26.3. The largest absolute Gasteiger partial charge is 0.354 e. The maximum atomic E-state index is 13.3. The van der Waals surface area contributed by atoms with Crippen LogP contribution in [-0.2, 0) is 21.9 Å². The minimum atomic E-state index is -0.626. The lowest BCUT2D eigenvalue weighted by Gasteiger charge is -2.30. The first-order valence-electron chi connectivity index (χ1n) is 11.0. The molecule has 1 atom stereocenters. The number of carbonyl (C=O) groups excluding carboxylic acids is 2. The molecule has 9 heteroatoms. The summed E-state index contributed by atoms with van der Waals surface area (Å²) < 4.78 is 13.3. The van der Waals surface area contributed by atoms with Crippen LogP contribution in [0.15, 0.2) is 48.5 Å². The molecule has 178 valence electrons. The maximum absolute atomic E-state index is 13.3. The van der Waals surface area contributed by atoms with Crippen molar-refractivity contribution >= 4 is 29.3 Å². The summed E-state index contributed by atoms with van der Waals surface area (Å²) in [6.45, 7) is 4.66. The van der Waals surface area contributed by atoms with Crippen molar-refractivity contribution in [3.63, 3.8) is 0 Å². The SMILES string of the molecule is CCCCNC(=O)C(CC)N(Cc1ccc(F)cc1)C(=O)CSCc1ccc([N+](=O)[O-])cc1. The average molecular weight is 476 g/mol. The molecule has 7 nitrogen and oxygen atoms in total. The number of rotatable bonds is 13. The predicted molar refractivity (Wildman–Crippen MR) is 128 cm³/mol. The van der Waals surface area contributed by atoms with E-state index in [-0.39, 0.29) is 35.6 Å². The van der Waals surface area contributed by atoms with E-state index in [4.69, 9.17) is 0 Å². The van der Waals surface area contributed by atoms with Gasteiger partial charge < -0.3 is 10.2 Å². The van der Waals surface area contributed by atoms with Gasteiger partial charge in [0.2, 0.25) is 11.8 Å². The molecule has 1 N–H and O–H groups in total. The third kappa shape index (κ3) is 8.49. The van der Waals surface area contributed by atoms with Crippen molar-refractivity contribution in [2.75, 3.05) is 12.3 Å². The fourth-order valence-electron chi connectivity index (χ4n) is 3.27. The van der Waals surface area contributed by atoms with E-state index >= 15 is 0 Å². The molecule has 2 aromatic carbocycles. The van der Waals surface area contributed by atoms with E-state index < -0.39 is 11.0 Å². The summed E-state index contributed by atoms with van der Waals surface area (Å²) in [7, 11) is 0. The normalized spacial score (nSPS) is 11.6. The standard InChI is InChI=1S/C24H30FN3O4S/c1-3-5-14-26-24(30)22(4-2)27(15-18-6-10-20(25)11-7-18)23(29)17-33-16-19-8-12-21(13-9-19)28(31)32/h6-13,22H,3-5,14-17H2,1-2H3,(H,26,30). The highest BCUT2D eigenvalue weighted by Gasteiger charge is 2.28. The van der Waals surface area contributed by atoms with E-state index in [9.17, 15) is 24.1 Å². The predicted octanol–water partition coefficient (Wildman–Crippen LogP) is 4.69. The van der Waals surface area contributed by atoms with Crippen LogP contribution in [0.3, 0.4) is 0 Å². The molecule has 0 saturated carbocycles. The molecular formula is C24H30FN3O4S. The van der Waals surface area contributed by atoms with E-state index in [1.54, 1.807) is 29.2 Å². The van der Waals surface area contributed by atoms with Crippen molar-refractivity contribution in [3.05, 3.63) is 75.6 Å². The fraction of sp³-hybridized carbons (Fsp3) is 0.417. The second kappa shape index (κ2) is 13.6. The summed E-state index contributed by atoms with van der Waals surface area (Å²) in [6, 6.07) is 11.5. The molecule has 1 unspecified atom stereocenters. The van der Waals surface area contributed by atoms with Gasteiger partial charge in [0.1, 0.15) is 11.9 Å². The van der Waals surface area contributed by atoms with E-state index in [0.29, 0.717) is 18.7 Å². The van der Waals surface area contributed by atoms with Crippen LogP contribution in [0.5, 0.6) is 0 Å². The topological polar surface area (TPSA) is 92.6 Å². The Kier molecular flexibility index (Phi) is 10.8. The van der Waals surface area contributed by atoms with Crippen LogP contribution in [0, 0.1) is 15.9 Å². The van der Waals surface area contributed by atoms with Crippen LogP contribution in [0.2, 0.25) is 0 Å². The van der Waals surface area contributed by atoms with Crippen molar-refractivity contribution < 1.29 is 18.9 Å². The zero-order valence-corrected chi connectivity index (χ0v) is 19.8. The van der Waals surface area contributed by atoms with Gasteiger partial charge in [-0.25, -0.2) is 4.39 Å². The van der Waals surface area contributed by atoms with Gasteiger partial charge in [0.05, 0.1) is 10.7 Å². The van der Waals surface area contributed by atoms with Gasteiger partial charge in [0.15, 0.2) is 0 Å². The van der Waals surface area contributed by atoms with E-state index in [1.165, 1.54) is 36.0 Å². The quantitative estimate of drug-likeness (QED) is 0.258. The highest BCUT2D eigenvalue weighted by molar-refractivity contribution is 7.99. The number of nitrogens with zero attached hydrogens (tertiary/aromatic N) is 2. The minimum Gasteiger partial charge on any atom is -0.354 e. The van der Waals surface area contributed by atoms with Crippen LogP contribution < -0.4 is 5.32 Å². The van der Waals surface area contributed by atoms with Crippen molar-refractivity contribution in [1.29, 1.82) is 0 Å². The van der Waals surface area contributed by atoms with Crippen molar-refractivity contribution in [3.8, 4) is 0 Å². The Morgan fingerprint density at radius 1 is 1.09 bits per heavy atom. The van der Waals surface area contributed by atoms with E-state index in [0.717, 1.165) is 24.0 Å². The summed E-state index contributed by atoms with van der Waals surface area (Å²) in [6.07, 6.45) is 2.27. The zero-order chi connectivity index (χ0) is 24.2. The van der Waals surface area contributed by atoms with Crippen LogP contribution in [0.25, 0.3) is 0 Å². The lowest BCUT2D eigenvalue weighted by atomic mass is 10.1. The number of benzene rings is 2. The average Bonchev–Trinajstić information content (AvgIpc) is 2.80. The number of nitrogens with one attached hydrogen (secondary N) is 1. The smallest absolute Gasteiger partial charge is 0.269 e. The molecule has 2 rings (SSSR count). The van der Waals surface area contributed by atoms with Gasteiger partial charge in [-0.2, -0.15) is 0 Å². The Morgan fingerprint density at radius 2 is 1.73 bits per heavy atom. The molecule has 0 bridgehead atoms. The highest BCUT2D eigenvalue weighted by Crippen LogP contribution is 2.19. The summed E-state index contributed by atoms with van der Waals surface area (Å²) in [4.78, 5) is 37.8. The van der Waals surface area contributed by atoms with Crippen LogP contribution in [0.1, 0.15) is 44.2 Å². The molecule has 2 aromatic rings. The monoisotopic (exact) mass is 475 g/mol. The number of carbonyl (C=O) groups is 2. The van der Waals surface area contributed by atoms with Gasteiger partial charge in [0, 0.05) is 31.0 Å². The Balaban J connectivity index is 2.07. The number of unbranched alkanes of at least 4 members (excludes halogenated alkanes) is 1. The van der Waals surface area contributed by atoms with Crippen molar-refractivity contribution in [2.24, 2.45) is 0 Å². The first-order chi connectivity index (χ1) is 15.8. The Bertz CT molecular complexity index is 922. The van der Waals surface area contributed by atoms with Gasteiger partial charge in [0.25, 0.3) is 5.69 Å². The molecule has 0 fully saturated rings. The summed E-state index contributed by atoms with van der Waals surface area (Å²) in [5.74, 6) is -0.0880. The van der Waals surface area contributed by atoms with E-state index in [2.05, 4.69) is 5.32 Å². The van der Waals surface area contributed by atoms with Gasteiger partial charge in [-0.3, -0.25) is 19.7 Å². The van der Waals surface area contributed by atoms with Crippen molar-refractivity contribution in [1.82, 2.24) is 10.2 Å². The molecule has 0 aliphatic heterocycles. The van der Waals surface area contributed by atoms with E-state index in [1.807, 2.05) is 13.8 Å². The van der Waals surface area contributed by atoms with Crippen LogP contribution in [-0.4, -0.2) is 40.0 Å². The number of non-ortho nitro benzene ring substituents is 1. The molecule has 0 spiro atoms. The Labute approximate surface area is 197 Å². The molecule has 0 aliphatic rings. The van der Waals surface area contributed by atoms with Gasteiger partial charge in [-0.05, 0) is 36.1 Å². The fourth-order valence-corrected chi connectivity index (χ4v) is 4.14. The lowest BCUT2D eigenvalue weighted by molar-refractivity contribution is -0.384. The second-order valence-corrected chi connectivity index (χ2v) is 8.62. The summed E-state index contributed by atoms with van der Waals surface area (Å²) in [5, 5.41) is 13.7. The molecule has 0 aliphatic carbocycles. The third-order valence-corrected chi connectivity index (χ3v) is 6.11. The molecule has 0 heterocycles. The number of thioether (sulfide) groups is 1. The second-order valence-electron chi connectivity index (χ2n) is 7.63. The Morgan fingerprint density at radius 3 is 2.30 bits per heavy atom. The summed E-state index contributed by atoms with van der Waals surface area (Å²) in [5.41, 5.74) is 1.63. The third-order valence-electron chi connectivity index (χ3n) is 5.12. The number of nitro benzene ring substituents is 1.